The lowest BCUT2D eigenvalue weighted by atomic mass is 9.80. The molecule has 1 aromatic rings. The molecule has 0 bridgehead atoms. The maximum atomic E-state index is 5.60. The molecule has 4 nitrogen and oxygen atoms in total. The zero-order valence-corrected chi connectivity index (χ0v) is 12.4. The van der Waals surface area contributed by atoms with Crippen molar-refractivity contribution in [1.82, 2.24) is 9.97 Å². The molecule has 19 heavy (non-hydrogen) atoms. The van der Waals surface area contributed by atoms with E-state index in [2.05, 4.69) is 29.1 Å². The molecular weight excluding hydrogens is 238 g/mol. The van der Waals surface area contributed by atoms with E-state index in [1.807, 2.05) is 13.8 Å². The molecule has 1 N–H and O–H groups in total. The van der Waals surface area contributed by atoms with Gasteiger partial charge in [0.05, 0.1) is 6.10 Å². The Balaban J connectivity index is 1.98. The highest BCUT2D eigenvalue weighted by molar-refractivity contribution is 5.29. The van der Waals surface area contributed by atoms with Crippen LogP contribution in [0.25, 0.3) is 0 Å². The first kappa shape index (κ1) is 14.1. The topological polar surface area (TPSA) is 47.0 Å². The maximum Gasteiger partial charge on any atom is 0.226 e. The molecule has 1 heterocycles. The second-order valence-electron chi connectivity index (χ2n) is 6.03. The highest BCUT2D eigenvalue weighted by Crippen LogP contribution is 2.30. The number of anilines is 1. The first-order valence-corrected chi connectivity index (χ1v) is 7.31. The Morgan fingerprint density at radius 1 is 1.32 bits per heavy atom. The van der Waals surface area contributed by atoms with Crippen LogP contribution in [0.3, 0.4) is 0 Å². The smallest absolute Gasteiger partial charge is 0.226 e. The standard InChI is InChI=1S/C15H25N3O/c1-10(2)19-14-7-8-16-15(18-14)17-13-6-5-11(3)9-12(13)4/h7-8,10-13H,5-6,9H2,1-4H3,(H,16,17,18). The van der Waals surface area contributed by atoms with Crippen molar-refractivity contribution in [2.45, 2.75) is 59.1 Å². The summed E-state index contributed by atoms with van der Waals surface area (Å²) in [5.41, 5.74) is 0. The lowest BCUT2D eigenvalue weighted by molar-refractivity contribution is 0.232. The number of nitrogens with one attached hydrogen (secondary N) is 1. The van der Waals surface area contributed by atoms with Crippen LogP contribution in [-0.4, -0.2) is 22.1 Å². The van der Waals surface area contributed by atoms with Gasteiger partial charge in [-0.1, -0.05) is 13.8 Å². The third-order valence-corrected chi connectivity index (χ3v) is 3.73. The molecule has 3 atom stereocenters. The van der Waals surface area contributed by atoms with E-state index in [4.69, 9.17) is 4.74 Å². The Labute approximate surface area is 116 Å². The van der Waals surface area contributed by atoms with Crippen molar-refractivity contribution in [3.63, 3.8) is 0 Å². The molecule has 0 aromatic carbocycles. The zero-order chi connectivity index (χ0) is 13.8. The van der Waals surface area contributed by atoms with Crippen LogP contribution in [-0.2, 0) is 0 Å². The van der Waals surface area contributed by atoms with Crippen molar-refractivity contribution in [2.75, 3.05) is 5.32 Å². The summed E-state index contributed by atoms with van der Waals surface area (Å²) in [6.07, 6.45) is 5.64. The average molecular weight is 263 g/mol. The van der Waals surface area contributed by atoms with Crippen molar-refractivity contribution in [1.29, 1.82) is 0 Å². The van der Waals surface area contributed by atoms with Gasteiger partial charge >= 0.3 is 0 Å². The minimum Gasteiger partial charge on any atom is -0.475 e. The van der Waals surface area contributed by atoms with Gasteiger partial charge in [-0.05, 0) is 44.9 Å². The van der Waals surface area contributed by atoms with Gasteiger partial charge in [0.2, 0.25) is 11.8 Å². The first-order chi connectivity index (χ1) is 9.04. The molecule has 1 fully saturated rings. The summed E-state index contributed by atoms with van der Waals surface area (Å²) in [6, 6.07) is 2.28. The van der Waals surface area contributed by atoms with Crippen LogP contribution in [0.2, 0.25) is 0 Å². The van der Waals surface area contributed by atoms with E-state index in [1.165, 1.54) is 19.3 Å². The average Bonchev–Trinajstić information content (AvgIpc) is 2.32. The number of rotatable bonds is 4. The number of nitrogens with zero attached hydrogens (tertiary/aromatic N) is 2. The predicted octanol–water partition coefficient (Wildman–Crippen LogP) is 3.50. The van der Waals surface area contributed by atoms with Crippen LogP contribution in [0, 0.1) is 11.8 Å². The van der Waals surface area contributed by atoms with Crippen LogP contribution in [0.4, 0.5) is 5.95 Å². The Kier molecular flexibility index (Phi) is 4.61. The van der Waals surface area contributed by atoms with Gasteiger partial charge in [0.1, 0.15) is 0 Å². The summed E-state index contributed by atoms with van der Waals surface area (Å²) in [6.45, 7) is 8.64. The van der Waals surface area contributed by atoms with Crippen molar-refractivity contribution in [3.05, 3.63) is 12.3 Å². The van der Waals surface area contributed by atoms with Gasteiger partial charge in [0.15, 0.2) is 0 Å². The van der Waals surface area contributed by atoms with Gasteiger partial charge in [0.25, 0.3) is 0 Å². The monoisotopic (exact) mass is 263 g/mol. The maximum absolute atomic E-state index is 5.60. The molecule has 1 saturated carbocycles. The predicted molar refractivity (Wildman–Crippen MR) is 77.4 cm³/mol. The summed E-state index contributed by atoms with van der Waals surface area (Å²) in [7, 11) is 0. The molecule has 0 radical (unpaired) electrons. The molecule has 3 unspecified atom stereocenters. The van der Waals surface area contributed by atoms with E-state index in [0.717, 1.165) is 5.92 Å². The molecule has 2 rings (SSSR count). The van der Waals surface area contributed by atoms with Crippen molar-refractivity contribution in [2.24, 2.45) is 11.8 Å². The SMILES string of the molecule is CC1CCC(Nc2nccc(OC(C)C)n2)C(C)C1. The van der Waals surface area contributed by atoms with Gasteiger partial charge in [-0.3, -0.25) is 0 Å². The summed E-state index contributed by atoms with van der Waals surface area (Å²) in [5, 5.41) is 3.46. The zero-order valence-electron chi connectivity index (χ0n) is 12.4. The summed E-state index contributed by atoms with van der Waals surface area (Å²) in [4.78, 5) is 8.71. The highest BCUT2D eigenvalue weighted by atomic mass is 16.5. The van der Waals surface area contributed by atoms with E-state index in [9.17, 15) is 0 Å². The van der Waals surface area contributed by atoms with E-state index >= 15 is 0 Å². The van der Waals surface area contributed by atoms with E-state index in [-0.39, 0.29) is 6.10 Å². The van der Waals surface area contributed by atoms with Crippen LogP contribution in [0.5, 0.6) is 5.88 Å². The molecule has 4 heteroatoms. The lowest BCUT2D eigenvalue weighted by Gasteiger charge is -2.33. The first-order valence-electron chi connectivity index (χ1n) is 7.31. The molecule has 0 aliphatic heterocycles. The minimum absolute atomic E-state index is 0.136. The van der Waals surface area contributed by atoms with E-state index in [0.29, 0.717) is 23.8 Å². The van der Waals surface area contributed by atoms with Gasteiger partial charge in [-0.15, -0.1) is 0 Å². The van der Waals surface area contributed by atoms with Crippen LogP contribution >= 0.6 is 0 Å². The third kappa shape index (κ3) is 4.08. The van der Waals surface area contributed by atoms with E-state index < -0.39 is 0 Å². The summed E-state index contributed by atoms with van der Waals surface area (Å²) in [5.74, 6) is 2.83. The lowest BCUT2D eigenvalue weighted by Crippen LogP contribution is -2.33. The van der Waals surface area contributed by atoms with Gasteiger partial charge in [-0.25, -0.2) is 4.98 Å². The Morgan fingerprint density at radius 2 is 2.11 bits per heavy atom. The highest BCUT2D eigenvalue weighted by Gasteiger charge is 2.25. The number of ether oxygens (including phenoxy) is 1. The Bertz CT molecular complexity index is 408. The largest absolute Gasteiger partial charge is 0.475 e. The van der Waals surface area contributed by atoms with Gasteiger partial charge in [-0.2, -0.15) is 4.98 Å². The second-order valence-corrected chi connectivity index (χ2v) is 6.03. The fourth-order valence-electron chi connectivity index (χ4n) is 2.76. The summed E-state index contributed by atoms with van der Waals surface area (Å²) < 4.78 is 5.60. The van der Waals surface area contributed by atoms with Crippen molar-refractivity contribution >= 4 is 5.95 Å². The number of aromatic nitrogens is 2. The molecule has 1 aromatic heterocycles. The third-order valence-electron chi connectivity index (χ3n) is 3.73. The van der Waals surface area contributed by atoms with Crippen LogP contribution in [0.15, 0.2) is 12.3 Å². The van der Waals surface area contributed by atoms with Crippen molar-refractivity contribution in [3.8, 4) is 5.88 Å². The molecule has 0 amide bonds. The molecular formula is C15H25N3O. The minimum atomic E-state index is 0.136. The molecule has 0 saturated heterocycles. The molecule has 1 aliphatic rings. The van der Waals surface area contributed by atoms with Gasteiger partial charge in [0, 0.05) is 18.3 Å². The quantitative estimate of drug-likeness (QED) is 0.903. The molecule has 0 spiro atoms. The molecule has 1 aliphatic carbocycles. The molecule has 106 valence electrons. The van der Waals surface area contributed by atoms with Crippen molar-refractivity contribution < 1.29 is 4.74 Å². The second kappa shape index (κ2) is 6.22. The van der Waals surface area contributed by atoms with Gasteiger partial charge < -0.3 is 10.1 Å². The number of hydrogen-bond donors (Lipinski definition) is 1. The Hall–Kier alpha value is -1.32. The summed E-state index contributed by atoms with van der Waals surface area (Å²) >= 11 is 0. The number of hydrogen-bond acceptors (Lipinski definition) is 4. The Morgan fingerprint density at radius 3 is 2.79 bits per heavy atom. The fourth-order valence-corrected chi connectivity index (χ4v) is 2.76. The fraction of sp³-hybridized carbons (Fsp3) is 0.733. The van der Waals surface area contributed by atoms with Crippen LogP contribution in [0.1, 0.15) is 47.0 Å². The normalized spacial score (nSPS) is 27.3. The van der Waals surface area contributed by atoms with Crippen LogP contribution < -0.4 is 10.1 Å². The van der Waals surface area contributed by atoms with E-state index in [1.54, 1.807) is 12.3 Å².